The summed E-state index contributed by atoms with van der Waals surface area (Å²) in [7, 11) is 2.14. The first-order valence-electron chi connectivity index (χ1n) is 11.4. The first-order chi connectivity index (χ1) is 15.1. The van der Waals surface area contributed by atoms with E-state index in [1.54, 1.807) is 0 Å². The SMILES string of the molecule is Cc1ccc2cc(C(c3nnnn3C3CCCCC3)N3CCN(C)CC3)c(=O)[nH]c2c1. The molecule has 1 aromatic carbocycles. The molecule has 1 atom stereocenters. The summed E-state index contributed by atoms with van der Waals surface area (Å²) in [5, 5.41) is 14.0. The molecule has 1 saturated carbocycles. The summed E-state index contributed by atoms with van der Waals surface area (Å²) in [6.45, 7) is 5.73. The van der Waals surface area contributed by atoms with Crippen LogP contribution in [0.25, 0.3) is 10.9 Å². The van der Waals surface area contributed by atoms with Gasteiger partial charge in [0.15, 0.2) is 5.82 Å². The minimum absolute atomic E-state index is 0.0553. The number of fused-ring (bicyclic) bond motifs is 1. The Morgan fingerprint density at radius 2 is 1.84 bits per heavy atom. The molecule has 1 aliphatic heterocycles. The van der Waals surface area contributed by atoms with Gasteiger partial charge in [-0.2, -0.15) is 0 Å². The molecular weight excluding hydrogens is 390 g/mol. The van der Waals surface area contributed by atoms with Gasteiger partial charge in [-0.05, 0) is 60.3 Å². The van der Waals surface area contributed by atoms with Crippen LogP contribution in [-0.4, -0.2) is 68.2 Å². The Kier molecular flexibility index (Phi) is 5.58. The number of hydrogen-bond acceptors (Lipinski definition) is 6. The van der Waals surface area contributed by atoms with Crippen molar-refractivity contribution in [1.29, 1.82) is 0 Å². The molecule has 3 heterocycles. The van der Waals surface area contributed by atoms with Crippen LogP contribution in [0.15, 0.2) is 29.1 Å². The summed E-state index contributed by atoms with van der Waals surface area (Å²) >= 11 is 0. The third-order valence-electron chi connectivity index (χ3n) is 6.91. The predicted molar refractivity (Wildman–Crippen MR) is 120 cm³/mol. The van der Waals surface area contributed by atoms with Crippen LogP contribution in [-0.2, 0) is 0 Å². The molecule has 164 valence electrons. The average Bonchev–Trinajstić information content (AvgIpc) is 3.26. The van der Waals surface area contributed by atoms with Gasteiger partial charge in [-0.1, -0.05) is 31.4 Å². The minimum Gasteiger partial charge on any atom is -0.322 e. The number of nitrogens with one attached hydrogen (secondary N) is 1. The Labute approximate surface area is 182 Å². The fraction of sp³-hybridized carbons (Fsp3) is 0.565. The van der Waals surface area contributed by atoms with Crippen LogP contribution in [0.5, 0.6) is 0 Å². The number of H-pyrrole nitrogens is 1. The van der Waals surface area contributed by atoms with Crippen LogP contribution in [0.3, 0.4) is 0 Å². The minimum atomic E-state index is -0.250. The largest absolute Gasteiger partial charge is 0.322 e. The Balaban J connectivity index is 1.62. The van der Waals surface area contributed by atoms with E-state index < -0.39 is 0 Å². The Morgan fingerprint density at radius 1 is 1.06 bits per heavy atom. The molecule has 1 unspecified atom stereocenters. The zero-order valence-electron chi connectivity index (χ0n) is 18.4. The van der Waals surface area contributed by atoms with E-state index in [2.05, 4.69) is 49.5 Å². The van der Waals surface area contributed by atoms with Crippen LogP contribution in [0.1, 0.15) is 61.1 Å². The highest BCUT2D eigenvalue weighted by molar-refractivity contribution is 5.79. The number of hydrogen-bond donors (Lipinski definition) is 1. The maximum Gasteiger partial charge on any atom is 0.253 e. The molecular formula is C23H31N7O. The van der Waals surface area contributed by atoms with E-state index in [1.807, 2.05) is 23.7 Å². The second kappa shape index (κ2) is 8.51. The first-order valence-corrected chi connectivity index (χ1v) is 11.4. The lowest BCUT2D eigenvalue weighted by Crippen LogP contribution is -2.47. The van der Waals surface area contributed by atoms with Crippen molar-refractivity contribution < 1.29 is 0 Å². The summed E-state index contributed by atoms with van der Waals surface area (Å²) in [5.74, 6) is 0.799. The van der Waals surface area contributed by atoms with Gasteiger partial charge in [0.25, 0.3) is 5.56 Å². The fourth-order valence-electron chi connectivity index (χ4n) is 5.08. The van der Waals surface area contributed by atoms with Crippen LogP contribution in [0.2, 0.25) is 0 Å². The van der Waals surface area contributed by atoms with Crippen LogP contribution in [0, 0.1) is 6.92 Å². The van der Waals surface area contributed by atoms with Crippen molar-refractivity contribution >= 4 is 10.9 Å². The molecule has 8 heteroatoms. The zero-order valence-corrected chi connectivity index (χ0v) is 18.4. The van der Waals surface area contributed by atoms with Gasteiger partial charge >= 0.3 is 0 Å². The maximum atomic E-state index is 13.3. The second-order valence-corrected chi connectivity index (χ2v) is 9.16. The van der Waals surface area contributed by atoms with Gasteiger partial charge in [0, 0.05) is 37.3 Å². The van der Waals surface area contributed by atoms with Crippen molar-refractivity contribution in [3.8, 4) is 0 Å². The number of aromatic amines is 1. The topological polar surface area (TPSA) is 82.9 Å². The molecule has 0 bridgehead atoms. The van der Waals surface area contributed by atoms with Gasteiger partial charge in [0.1, 0.15) is 6.04 Å². The normalized spacial score (nSPS) is 20.3. The maximum absolute atomic E-state index is 13.3. The number of aryl methyl sites for hydroxylation is 1. The lowest BCUT2D eigenvalue weighted by Gasteiger charge is -2.37. The zero-order chi connectivity index (χ0) is 21.4. The van der Waals surface area contributed by atoms with Gasteiger partial charge in [0.05, 0.1) is 6.04 Å². The lowest BCUT2D eigenvalue weighted by atomic mass is 9.95. The third kappa shape index (κ3) is 4.02. The van der Waals surface area contributed by atoms with E-state index in [0.717, 1.165) is 66.9 Å². The molecule has 0 amide bonds. The molecule has 5 rings (SSSR count). The molecule has 31 heavy (non-hydrogen) atoms. The number of nitrogens with zero attached hydrogens (tertiary/aromatic N) is 6. The molecule has 1 saturated heterocycles. The fourth-order valence-corrected chi connectivity index (χ4v) is 5.08. The highest BCUT2D eigenvalue weighted by Gasteiger charge is 2.34. The van der Waals surface area contributed by atoms with Gasteiger partial charge in [-0.15, -0.1) is 5.10 Å². The van der Waals surface area contributed by atoms with Crippen molar-refractivity contribution in [2.75, 3.05) is 33.2 Å². The second-order valence-electron chi connectivity index (χ2n) is 9.16. The molecule has 0 spiro atoms. The van der Waals surface area contributed by atoms with Crippen LogP contribution >= 0.6 is 0 Å². The van der Waals surface area contributed by atoms with E-state index in [4.69, 9.17) is 0 Å². The standard InChI is InChI=1S/C23H31N7O/c1-16-8-9-17-15-19(23(31)24-20(17)14-16)21(29-12-10-28(2)11-13-29)22-25-26-27-30(22)18-6-4-3-5-7-18/h8-9,14-15,18,21H,3-7,10-13H2,1-2H3,(H,24,31). The highest BCUT2D eigenvalue weighted by atomic mass is 16.1. The summed E-state index contributed by atoms with van der Waals surface area (Å²) in [6.07, 6.45) is 5.89. The first kappa shape index (κ1) is 20.3. The van der Waals surface area contributed by atoms with Crippen molar-refractivity contribution in [2.24, 2.45) is 0 Å². The van der Waals surface area contributed by atoms with E-state index in [0.29, 0.717) is 6.04 Å². The molecule has 1 aliphatic carbocycles. The molecule has 3 aromatic rings. The number of aromatic nitrogens is 5. The molecule has 8 nitrogen and oxygen atoms in total. The number of tetrazole rings is 1. The smallest absolute Gasteiger partial charge is 0.253 e. The van der Waals surface area contributed by atoms with Crippen LogP contribution in [0.4, 0.5) is 0 Å². The van der Waals surface area contributed by atoms with Gasteiger partial charge in [-0.3, -0.25) is 9.69 Å². The highest BCUT2D eigenvalue weighted by Crippen LogP contribution is 2.33. The summed E-state index contributed by atoms with van der Waals surface area (Å²) in [4.78, 5) is 21.1. The van der Waals surface area contributed by atoms with E-state index in [-0.39, 0.29) is 11.6 Å². The van der Waals surface area contributed by atoms with Crippen molar-refractivity contribution in [3.63, 3.8) is 0 Å². The Bertz CT molecular complexity index is 1110. The molecule has 0 radical (unpaired) electrons. The van der Waals surface area contributed by atoms with E-state index >= 15 is 0 Å². The van der Waals surface area contributed by atoms with Gasteiger partial charge in [0.2, 0.25) is 0 Å². The Hall–Kier alpha value is -2.58. The third-order valence-corrected chi connectivity index (χ3v) is 6.91. The van der Waals surface area contributed by atoms with E-state index in [9.17, 15) is 4.79 Å². The quantitative estimate of drug-likeness (QED) is 0.697. The number of benzene rings is 1. The molecule has 1 N–H and O–H groups in total. The van der Waals surface area contributed by atoms with Gasteiger partial charge < -0.3 is 9.88 Å². The Morgan fingerprint density at radius 3 is 2.61 bits per heavy atom. The number of likely N-dealkylation sites (N-methyl/N-ethyl adjacent to an activating group) is 1. The lowest BCUT2D eigenvalue weighted by molar-refractivity contribution is 0.119. The summed E-state index contributed by atoms with van der Waals surface area (Å²) < 4.78 is 2.01. The monoisotopic (exact) mass is 421 g/mol. The summed E-state index contributed by atoms with van der Waals surface area (Å²) in [5.41, 5.74) is 2.68. The van der Waals surface area contributed by atoms with E-state index in [1.165, 1.54) is 19.3 Å². The van der Waals surface area contributed by atoms with Crippen molar-refractivity contribution in [2.45, 2.75) is 51.1 Å². The molecule has 2 aliphatic rings. The van der Waals surface area contributed by atoms with Gasteiger partial charge in [-0.25, -0.2) is 4.68 Å². The number of piperazine rings is 1. The van der Waals surface area contributed by atoms with Crippen LogP contribution < -0.4 is 5.56 Å². The summed E-state index contributed by atoms with van der Waals surface area (Å²) in [6, 6.07) is 8.29. The molecule has 2 aromatic heterocycles. The molecule has 2 fully saturated rings. The number of rotatable bonds is 4. The van der Waals surface area contributed by atoms with Crippen molar-refractivity contribution in [1.82, 2.24) is 35.0 Å². The number of pyridine rings is 1. The average molecular weight is 422 g/mol. The predicted octanol–water partition coefficient (Wildman–Crippen LogP) is 2.67. The van der Waals surface area contributed by atoms with Crippen molar-refractivity contribution in [3.05, 3.63) is 51.6 Å².